The average Bonchev–Trinajstić information content (AvgIpc) is 4.07. The maximum Gasteiger partial charge on any atom is 0.328 e. The van der Waals surface area contributed by atoms with Crippen LogP contribution in [0.3, 0.4) is 0 Å². The van der Waals surface area contributed by atoms with Gasteiger partial charge in [0.05, 0.1) is 29.4 Å². The number of nitrogen functional groups attached to an aromatic ring is 1. The van der Waals surface area contributed by atoms with Gasteiger partial charge in [-0.2, -0.15) is 0 Å². The molecular weight excluding hydrogens is 828 g/mol. The van der Waals surface area contributed by atoms with Crippen LogP contribution in [-0.4, -0.2) is 117 Å². The number of nitrogens with one attached hydrogen (secondary N) is 1. The Labute approximate surface area is 377 Å². The number of nitrogens with two attached hydrogens (primary N) is 1. The number of aryl methyl sites for hydroxylation is 2. The number of hydrogen-bond donors (Lipinski definition) is 3. The Hall–Kier alpha value is -6.13. The fourth-order valence-electron chi connectivity index (χ4n) is 10.5. The number of halogens is 1. The number of urea groups is 1. The van der Waals surface area contributed by atoms with Gasteiger partial charge in [0, 0.05) is 100 Å². The number of hydrogen-bond acceptors (Lipinski definition) is 11. The molecule has 4 aliphatic heterocycles. The number of piperidine rings is 2. The molecular formula is C49H57FN10O5. The van der Waals surface area contributed by atoms with Gasteiger partial charge >= 0.3 is 6.03 Å². The van der Waals surface area contributed by atoms with Gasteiger partial charge in [0.1, 0.15) is 23.2 Å². The molecule has 0 bridgehead atoms. The fraction of sp³-hybridized carbons (Fsp3) is 0.469. The molecule has 4 N–H and O–H groups in total. The number of rotatable bonds is 9. The molecule has 0 unspecified atom stereocenters. The van der Waals surface area contributed by atoms with Crippen LogP contribution in [0.1, 0.15) is 103 Å². The molecule has 2 aromatic carbocycles. The van der Waals surface area contributed by atoms with Crippen LogP contribution in [0.5, 0.6) is 5.75 Å². The van der Waals surface area contributed by atoms with Crippen molar-refractivity contribution >= 4 is 46.1 Å². The Bertz CT molecular complexity index is 2670. The molecule has 340 valence electrons. The molecule has 1 aliphatic carbocycles. The van der Waals surface area contributed by atoms with Crippen LogP contribution in [0.15, 0.2) is 60.9 Å². The van der Waals surface area contributed by atoms with Crippen LogP contribution in [0.25, 0.3) is 22.3 Å². The summed E-state index contributed by atoms with van der Waals surface area (Å²) in [5.74, 6) is 0.554. The highest BCUT2D eigenvalue weighted by Gasteiger charge is 2.40. The van der Waals surface area contributed by atoms with E-state index in [4.69, 9.17) is 15.5 Å². The molecule has 16 heteroatoms. The second kappa shape index (κ2) is 17.0. The first-order chi connectivity index (χ1) is 31.3. The zero-order valence-corrected chi connectivity index (χ0v) is 37.3. The highest BCUT2D eigenvalue weighted by Crippen LogP contribution is 2.46. The second-order valence-electron chi connectivity index (χ2n) is 18.9. The van der Waals surface area contributed by atoms with Crippen molar-refractivity contribution in [1.29, 1.82) is 0 Å². The van der Waals surface area contributed by atoms with Gasteiger partial charge in [-0.15, -0.1) is 10.2 Å². The first-order valence-corrected chi connectivity index (χ1v) is 23.1. The van der Waals surface area contributed by atoms with E-state index in [0.29, 0.717) is 92.0 Å². The Morgan fingerprint density at radius 3 is 2.46 bits per heavy atom. The molecule has 10 rings (SSSR count). The lowest BCUT2D eigenvalue weighted by atomic mass is 9.90. The second-order valence-corrected chi connectivity index (χ2v) is 18.9. The van der Waals surface area contributed by atoms with Crippen LogP contribution in [-0.2, 0) is 9.53 Å². The largest absolute Gasteiger partial charge is 0.507 e. The number of aromatic hydroxyl groups is 1. The molecule has 4 amide bonds. The van der Waals surface area contributed by atoms with E-state index in [9.17, 15) is 19.5 Å². The molecule has 5 aliphatic rings. The van der Waals surface area contributed by atoms with Gasteiger partial charge in [-0.25, -0.2) is 14.2 Å². The van der Waals surface area contributed by atoms with Crippen LogP contribution in [0.2, 0.25) is 0 Å². The number of imide groups is 1. The number of phenolic OH excluding ortho intramolecular Hbond substituents is 1. The summed E-state index contributed by atoms with van der Waals surface area (Å²) >= 11 is 0. The predicted octanol–water partition coefficient (Wildman–Crippen LogP) is 6.97. The summed E-state index contributed by atoms with van der Waals surface area (Å²) in [6.45, 7) is 10.0. The Kier molecular flexibility index (Phi) is 11.2. The zero-order valence-electron chi connectivity index (χ0n) is 37.3. The van der Waals surface area contributed by atoms with E-state index in [1.165, 1.54) is 5.56 Å². The van der Waals surface area contributed by atoms with Crippen LogP contribution < -0.4 is 20.9 Å². The van der Waals surface area contributed by atoms with Crippen molar-refractivity contribution in [2.24, 2.45) is 0 Å². The van der Waals surface area contributed by atoms with E-state index in [2.05, 4.69) is 42.1 Å². The molecule has 5 fully saturated rings. The monoisotopic (exact) mass is 884 g/mol. The topological polar surface area (TPSA) is 175 Å². The fourth-order valence-corrected chi connectivity index (χ4v) is 10.5. The van der Waals surface area contributed by atoms with Gasteiger partial charge in [0.15, 0.2) is 5.82 Å². The lowest BCUT2D eigenvalue weighted by Gasteiger charge is -2.41. The molecule has 2 atom stereocenters. The lowest BCUT2D eigenvalue weighted by molar-refractivity contribution is -0.120. The molecule has 3 aromatic heterocycles. The minimum atomic E-state index is -1.38. The third-order valence-electron chi connectivity index (χ3n) is 14.2. The summed E-state index contributed by atoms with van der Waals surface area (Å²) in [5.41, 5.74) is 13.1. The van der Waals surface area contributed by atoms with Crippen LogP contribution in [0.4, 0.5) is 26.4 Å². The molecule has 65 heavy (non-hydrogen) atoms. The maximum absolute atomic E-state index is 16.6. The highest BCUT2D eigenvalue weighted by atomic mass is 19.1. The van der Waals surface area contributed by atoms with Crippen molar-refractivity contribution in [2.75, 3.05) is 67.9 Å². The van der Waals surface area contributed by atoms with Gasteiger partial charge in [0.25, 0.3) is 5.91 Å². The predicted molar refractivity (Wildman–Crippen MR) is 246 cm³/mol. The first kappa shape index (κ1) is 42.8. The molecule has 4 saturated heterocycles. The Morgan fingerprint density at radius 1 is 0.954 bits per heavy atom. The lowest BCUT2D eigenvalue weighted by Crippen LogP contribution is -2.51. The highest BCUT2D eigenvalue weighted by molar-refractivity contribution is 6.06. The van der Waals surface area contributed by atoms with E-state index >= 15 is 4.39 Å². The van der Waals surface area contributed by atoms with Gasteiger partial charge < -0.3 is 34.8 Å². The maximum atomic E-state index is 16.6. The summed E-state index contributed by atoms with van der Waals surface area (Å²) in [5, 5.41) is 22.4. The van der Waals surface area contributed by atoms with Crippen molar-refractivity contribution in [1.82, 2.24) is 34.9 Å². The number of aromatic nitrogens is 4. The Morgan fingerprint density at radius 2 is 1.72 bits per heavy atom. The molecule has 5 aromatic rings. The minimum absolute atomic E-state index is 0.0774. The van der Waals surface area contributed by atoms with E-state index in [1.807, 2.05) is 45.0 Å². The van der Waals surface area contributed by atoms with Gasteiger partial charge in [-0.1, -0.05) is 18.2 Å². The molecule has 0 radical (unpaired) electrons. The minimum Gasteiger partial charge on any atom is -0.507 e. The van der Waals surface area contributed by atoms with Gasteiger partial charge in [-0.3, -0.25) is 19.8 Å². The van der Waals surface area contributed by atoms with Crippen LogP contribution >= 0.6 is 0 Å². The molecule has 0 spiro atoms. The summed E-state index contributed by atoms with van der Waals surface area (Å²) in [6, 6.07) is 14.7. The number of likely N-dealkylation sites (tertiary alicyclic amines) is 2. The van der Waals surface area contributed by atoms with E-state index < -0.39 is 11.7 Å². The van der Waals surface area contributed by atoms with Gasteiger partial charge in [-0.05, 0) is 105 Å². The molecule has 15 nitrogen and oxygen atoms in total. The van der Waals surface area contributed by atoms with E-state index in [1.54, 1.807) is 34.2 Å². The van der Waals surface area contributed by atoms with Crippen molar-refractivity contribution in [2.45, 2.75) is 95.6 Å². The normalized spacial score (nSPS) is 22.1. The van der Waals surface area contributed by atoms with E-state index in [0.717, 1.165) is 66.5 Å². The van der Waals surface area contributed by atoms with Gasteiger partial charge in [0.2, 0.25) is 5.91 Å². The van der Waals surface area contributed by atoms with Crippen LogP contribution in [0, 0.1) is 13.8 Å². The third kappa shape index (κ3) is 8.49. The summed E-state index contributed by atoms with van der Waals surface area (Å²) in [7, 11) is 0. The SMILES string of the molecule is Cc1cc([C@@H]2CN(c3cc(-c4ccccc4O)nnc3N)C[C@H](C)O2)c(C)cc1C(=O)N1CCC(F)(CN2CCC(n3cc(C4CC4)c4cc(N5CCC(=O)NC5=O)cnc43)CC2)CC1. The average molecular weight is 885 g/mol. The summed E-state index contributed by atoms with van der Waals surface area (Å²) in [4.78, 5) is 51.1. The number of morpholine rings is 1. The number of fused-ring (bicyclic) bond motifs is 1. The molecule has 1 saturated carbocycles. The van der Waals surface area contributed by atoms with Crippen molar-refractivity contribution in [3.8, 4) is 17.0 Å². The first-order valence-electron chi connectivity index (χ1n) is 23.1. The quantitative estimate of drug-likeness (QED) is 0.140. The smallest absolute Gasteiger partial charge is 0.328 e. The standard InChI is InChI=1S/C49H57FN10O5/c1-29-21-37(30(2)20-36(29)43-27-58(25-31(3)65-43)41-23-40(54-55-45(41)51)35-6-4-5-7-42(35)61)47(63)57-18-13-49(50,14-19-57)28-56-15-10-33(11-16-56)60-26-39(32-8-9-32)38-22-34(24-52-46(38)60)59-17-12-44(62)53-48(59)64/h4-7,20-24,26,31-33,43,61H,8-19,25,27-28H2,1-3H3,(H2,51,55)(H,53,62,64)/t31-,43-/m0/s1. The summed E-state index contributed by atoms with van der Waals surface area (Å²) < 4.78 is 25.4. The molecule has 7 heterocycles. The summed E-state index contributed by atoms with van der Waals surface area (Å²) in [6.07, 6.45) is 8.43. The number of ether oxygens (including phenoxy) is 1. The number of alkyl halides is 1. The zero-order chi connectivity index (χ0) is 45.1. The van der Waals surface area contributed by atoms with Crippen molar-refractivity contribution in [3.05, 3.63) is 88.7 Å². The number of benzene rings is 2. The van der Waals surface area contributed by atoms with Crippen molar-refractivity contribution in [3.63, 3.8) is 0 Å². The number of nitrogens with zero attached hydrogens (tertiary/aromatic N) is 8. The number of carbonyl (C=O) groups excluding carboxylic acids is 3. The Balaban J connectivity index is 0.758. The number of para-hydroxylation sites is 1. The van der Waals surface area contributed by atoms with Crippen molar-refractivity contribution < 1.29 is 28.6 Å². The number of anilines is 3. The number of carbonyl (C=O) groups is 3. The van der Waals surface area contributed by atoms with E-state index in [-0.39, 0.29) is 42.2 Å². The number of pyridine rings is 1. The third-order valence-corrected chi connectivity index (χ3v) is 14.2. The number of phenols is 1. The number of amides is 4.